The Bertz CT molecular complexity index is 325. The summed E-state index contributed by atoms with van der Waals surface area (Å²) in [5.41, 5.74) is 0. The average molecular weight is 224 g/mol. The van der Waals surface area contributed by atoms with E-state index in [0.29, 0.717) is 6.42 Å². The zero-order chi connectivity index (χ0) is 12.1. The molecule has 1 rings (SSSR count). The lowest BCUT2D eigenvalue weighted by atomic mass is 10.1. The fourth-order valence-corrected chi connectivity index (χ4v) is 1.46. The predicted molar refractivity (Wildman–Crippen MR) is 60.0 cm³/mol. The maximum absolute atomic E-state index is 11.4. The summed E-state index contributed by atoms with van der Waals surface area (Å²) in [5.74, 6) is -1.36. The third-order valence-electron chi connectivity index (χ3n) is 2.43. The average Bonchev–Trinajstić information content (AvgIpc) is 2.65. The van der Waals surface area contributed by atoms with Gasteiger partial charge in [0.05, 0.1) is 12.0 Å². The van der Waals surface area contributed by atoms with Crippen LogP contribution in [0.15, 0.2) is 24.8 Å². The lowest BCUT2D eigenvalue weighted by Gasteiger charge is -2.15. The van der Waals surface area contributed by atoms with Crippen LogP contribution >= 0.6 is 0 Å². The highest BCUT2D eigenvalue weighted by atomic mass is 16.4. The first-order valence-corrected chi connectivity index (χ1v) is 5.13. The Hall–Kier alpha value is -1.78. The highest BCUT2D eigenvalue weighted by Gasteiger charge is 2.25. The number of urea groups is 1. The second-order valence-corrected chi connectivity index (χ2v) is 3.81. The van der Waals surface area contributed by atoms with Crippen LogP contribution in [-0.2, 0) is 4.79 Å². The van der Waals surface area contributed by atoms with Gasteiger partial charge in [-0.25, -0.2) is 4.79 Å². The van der Waals surface area contributed by atoms with Gasteiger partial charge in [0.15, 0.2) is 0 Å². The lowest BCUT2D eigenvalue weighted by Crippen LogP contribution is -2.44. The Labute approximate surface area is 94.2 Å². The summed E-state index contributed by atoms with van der Waals surface area (Å²) in [4.78, 5) is 22.1. The Morgan fingerprint density at radius 3 is 2.75 bits per heavy atom. The number of carboxylic acid groups (broad SMARTS) is 1. The van der Waals surface area contributed by atoms with E-state index in [0.717, 1.165) is 0 Å². The fourth-order valence-electron chi connectivity index (χ4n) is 1.46. The van der Waals surface area contributed by atoms with Gasteiger partial charge >= 0.3 is 12.0 Å². The van der Waals surface area contributed by atoms with Crippen molar-refractivity contribution >= 4 is 12.0 Å². The number of hydrogen-bond donors (Lipinski definition) is 3. The van der Waals surface area contributed by atoms with Crippen molar-refractivity contribution in [3.63, 3.8) is 0 Å². The van der Waals surface area contributed by atoms with Gasteiger partial charge in [-0.15, -0.1) is 6.58 Å². The van der Waals surface area contributed by atoms with Gasteiger partial charge < -0.3 is 15.7 Å². The number of amides is 2. The van der Waals surface area contributed by atoms with Crippen LogP contribution in [0.2, 0.25) is 0 Å². The van der Waals surface area contributed by atoms with Crippen LogP contribution in [0.4, 0.5) is 4.79 Å². The fraction of sp³-hybridized carbons (Fsp3) is 0.455. The van der Waals surface area contributed by atoms with Gasteiger partial charge in [-0.2, -0.15) is 0 Å². The van der Waals surface area contributed by atoms with Gasteiger partial charge in [-0.3, -0.25) is 4.79 Å². The Balaban J connectivity index is 2.35. The molecule has 0 fully saturated rings. The molecule has 0 bridgehead atoms. The highest BCUT2D eigenvalue weighted by Crippen LogP contribution is 2.17. The minimum absolute atomic E-state index is 0.111. The maximum Gasteiger partial charge on any atom is 0.315 e. The van der Waals surface area contributed by atoms with Gasteiger partial charge in [0.25, 0.3) is 0 Å². The van der Waals surface area contributed by atoms with Crippen LogP contribution < -0.4 is 10.6 Å². The number of aliphatic carboxylic acids is 1. The van der Waals surface area contributed by atoms with Crippen LogP contribution in [0.25, 0.3) is 0 Å². The first-order valence-electron chi connectivity index (χ1n) is 5.13. The van der Waals surface area contributed by atoms with Gasteiger partial charge in [0.1, 0.15) is 0 Å². The molecule has 0 heterocycles. The minimum Gasteiger partial charge on any atom is -0.481 e. The van der Waals surface area contributed by atoms with Gasteiger partial charge in [-0.05, 0) is 13.3 Å². The second-order valence-electron chi connectivity index (χ2n) is 3.81. The molecule has 3 unspecified atom stereocenters. The number of nitrogens with one attached hydrogen (secondary N) is 2. The van der Waals surface area contributed by atoms with E-state index in [2.05, 4.69) is 17.2 Å². The summed E-state index contributed by atoms with van der Waals surface area (Å²) in [6, 6.07) is -0.633. The second kappa shape index (κ2) is 5.34. The molecule has 0 spiro atoms. The van der Waals surface area contributed by atoms with Crippen molar-refractivity contribution < 1.29 is 14.7 Å². The molecule has 3 N–H and O–H groups in total. The number of carboxylic acids is 1. The molecule has 1 aliphatic carbocycles. The molecule has 88 valence electrons. The first-order chi connectivity index (χ1) is 7.52. The summed E-state index contributed by atoms with van der Waals surface area (Å²) >= 11 is 0. The Morgan fingerprint density at radius 2 is 2.25 bits per heavy atom. The van der Waals surface area contributed by atoms with E-state index >= 15 is 0 Å². The monoisotopic (exact) mass is 224 g/mol. The third-order valence-corrected chi connectivity index (χ3v) is 2.43. The van der Waals surface area contributed by atoms with Gasteiger partial charge in [0.2, 0.25) is 0 Å². The van der Waals surface area contributed by atoms with E-state index in [-0.39, 0.29) is 18.1 Å². The molecule has 0 aromatic heterocycles. The molecular formula is C11H16N2O3. The molecule has 5 heteroatoms. The summed E-state index contributed by atoms with van der Waals surface area (Å²) < 4.78 is 0. The minimum atomic E-state index is -0.861. The smallest absolute Gasteiger partial charge is 0.315 e. The van der Waals surface area contributed by atoms with E-state index < -0.39 is 11.9 Å². The van der Waals surface area contributed by atoms with Gasteiger partial charge in [0, 0.05) is 6.04 Å². The van der Waals surface area contributed by atoms with E-state index in [1.165, 1.54) is 0 Å². The highest BCUT2D eigenvalue weighted by molar-refractivity contribution is 5.76. The van der Waals surface area contributed by atoms with Crippen LogP contribution in [0.1, 0.15) is 13.3 Å². The van der Waals surface area contributed by atoms with Crippen LogP contribution in [0, 0.1) is 5.92 Å². The SMILES string of the molecule is C=CC(C)NC(=O)NC1C=CC(C(=O)O)C1. The third kappa shape index (κ3) is 3.42. The summed E-state index contributed by atoms with van der Waals surface area (Å²) in [6.07, 6.45) is 5.33. The zero-order valence-corrected chi connectivity index (χ0v) is 9.14. The molecule has 1 aliphatic rings. The topological polar surface area (TPSA) is 78.4 Å². The normalized spacial score (nSPS) is 24.8. The van der Waals surface area contributed by atoms with Crippen LogP contribution in [0.5, 0.6) is 0 Å². The van der Waals surface area contributed by atoms with Crippen molar-refractivity contribution in [2.45, 2.75) is 25.4 Å². The molecule has 5 nitrogen and oxygen atoms in total. The molecule has 0 radical (unpaired) electrons. The van der Waals surface area contributed by atoms with Crippen molar-refractivity contribution in [3.05, 3.63) is 24.8 Å². The van der Waals surface area contributed by atoms with E-state index in [9.17, 15) is 9.59 Å². The van der Waals surface area contributed by atoms with Crippen LogP contribution in [-0.4, -0.2) is 29.2 Å². The Kier molecular flexibility index (Phi) is 4.10. The molecule has 0 saturated heterocycles. The van der Waals surface area contributed by atoms with Gasteiger partial charge in [-0.1, -0.05) is 18.2 Å². The maximum atomic E-state index is 11.4. The van der Waals surface area contributed by atoms with Crippen molar-refractivity contribution in [2.75, 3.05) is 0 Å². The molecule has 0 saturated carbocycles. The number of rotatable bonds is 4. The van der Waals surface area contributed by atoms with Crippen molar-refractivity contribution in [3.8, 4) is 0 Å². The van der Waals surface area contributed by atoms with Crippen LogP contribution in [0.3, 0.4) is 0 Å². The largest absolute Gasteiger partial charge is 0.481 e. The standard InChI is InChI=1S/C11H16N2O3/c1-3-7(2)12-11(16)13-9-5-4-8(6-9)10(14)15/h3-5,7-9H,1,6H2,2H3,(H,14,15)(H2,12,13,16). The van der Waals surface area contributed by atoms with E-state index in [4.69, 9.17) is 5.11 Å². The molecule has 2 amide bonds. The zero-order valence-electron chi connectivity index (χ0n) is 9.14. The van der Waals surface area contributed by atoms with Crippen molar-refractivity contribution in [1.29, 1.82) is 0 Å². The number of carbonyl (C=O) groups excluding carboxylic acids is 1. The molecule has 0 aromatic carbocycles. The summed E-state index contributed by atoms with van der Waals surface area (Å²) in [7, 11) is 0. The molecular weight excluding hydrogens is 208 g/mol. The predicted octanol–water partition coefficient (Wildman–Crippen LogP) is 0.889. The molecule has 3 atom stereocenters. The molecule has 0 aliphatic heterocycles. The first kappa shape index (κ1) is 12.3. The molecule has 16 heavy (non-hydrogen) atoms. The number of carbonyl (C=O) groups is 2. The lowest BCUT2D eigenvalue weighted by molar-refractivity contribution is -0.140. The summed E-state index contributed by atoms with van der Waals surface area (Å²) in [5, 5.41) is 14.1. The summed E-state index contributed by atoms with van der Waals surface area (Å²) in [6.45, 7) is 5.35. The quantitative estimate of drug-likeness (QED) is 0.620. The van der Waals surface area contributed by atoms with E-state index in [1.807, 2.05) is 0 Å². The van der Waals surface area contributed by atoms with E-state index in [1.54, 1.807) is 25.2 Å². The Morgan fingerprint density at radius 1 is 1.56 bits per heavy atom. The van der Waals surface area contributed by atoms with Crippen molar-refractivity contribution in [2.24, 2.45) is 5.92 Å². The number of hydrogen-bond acceptors (Lipinski definition) is 2. The van der Waals surface area contributed by atoms with Crippen molar-refractivity contribution in [1.82, 2.24) is 10.6 Å². The molecule has 0 aromatic rings.